The molecular weight excluding hydrogens is 322 g/mol. The molecule has 2 aliphatic heterocycles. The summed E-state index contributed by atoms with van der Waals surface area (Å²) < 4.78 is 11.2. The van der Waals surface area contributed by atoms with Crippen molar-refractivity contribution >= 4 is 17.5 Å². The number of rotatable bonds is 4. The molecule has 0 saturated carbocycles. The summed E-state index contributed by atoms with van der Waals surface area (Å²) in [7, 11) is 3.49. The van der Waals surface area contributed by atoms with Crippen molar-refractivity contribution in [1.82, 2.24) is 9.80 Å². The predicted octanol–water partition coefficient (Wildman–Crippen LogP) is 1.34. The van der Waals surface area contributed by atoms with Crippen molar-refractivity contribution in [3.05, 3.63) is 18.2 Å². The van der Waals surface area contributed by atoms with Crippen LogP contribution >= 0.6 is 0 Å². The highest BCUT2D eigenvalue weighted by Gasteiger charge is 2.32. The lowest BCUT2D eigenvalue weighted by molar-refractivity contribution is -0.133. The zero-order valence-electron chi connectivity index (χ0n) is 14.8. The number of nitrogens with zero attached hydrogens (tertiary/aromatic N) is 2. The van der Waals surface area contributed by atoms with Crippen LogP contribution in [0.25, 0.3) is 0 Å². The van der Waals surface area contributed by atoms with Gasteiger partial charge in [0.05, 0.1) is 25.8 Å². The van der Waals surface area contributed by atoms with Gasteiger partial charge >= 0.3 is 0 Å². The van der Waals surface area contributed by atoms with E-state index in [0.717, 1.165) is 25.8 Å². The fourth-order valence-electron chi connectivity index (χ4n) is 3.22. The van der Waals surface area contributed by atoms with E-state index in [1.165, 1.54) is 0 Å². The molecule has 1 fully saturated rings. The Morgan fingerprint density at radius 2 is 1.96 bits per heavy atom. The molecule has 7 heteroatoms. The van der Waals surface area contributed by atoms with Gasteiger partial charge in [-0.2, -0.15) is 0 Å². The maximum atomic E-state index is 12.4. The van der Waals surface area contributed by atoms with E-state index < -0.39 is 0 Å². The molecule has 1 saturated heterocycles. The van der Waals surface area contributed by atoms with Gasteiger partial charge < -0.3 is 19.7 Å². The lowest BCUT2D eigenvalue weighted by Crippen LogP contribution is -2.45. The summed E-state index contributed by atoms with van der Waals surface area (Å²) in [5, 5.41) is 2.89. The van der Waals surface area contributed by atoms with Gasteiger partial charge in [-0.25, -0.2) is 0 Å². The normalized spacial score (nSPS) is 20.0. The maximum Gasteiger partial charge on any atom is 0.239 e. The highest BCUT2D eigenvalue weighted by molar-refractivity contribution is 5.93. The number of ether oxygens (including phenoxy) is 2. The number of carbonyl (C=O) groups excluding carboxylic acids is 2. The average Bonchev–Trinajstić information content (AvgIpc) is 2.89. The minimum atomic E-state index is -0.204. The third-order valence-corrected chi connectivity index (χ3v) is 4.47. The van der Waals surface area contributed by atoms with Crippen molar-refractivity contribution in [1.29, 1.82) is 0 Å². The molecule has 1 unspecified atom stereocenters. The topological polar surface area (TPSA) is 71.1 Å². The summed E-state index contributed by atoms with van der Waals surface area (Å²) in [6, 6.07) is 5.19. The molecule has 0 spiro atoms. The van der Waals surface area contributed by atoms with E-state index in [4.69, 9.17) is 9.47 Å². The lowest BCUT2D eigenvalue weighted by Gasteiger charge is -2.25. The lowest BCUT2D eigenvalue weighted by atomic mass is 10.2. The number of likely N-dealkylation sites (tertiary alicyclic amines) is 1. The number of carbonyl (C=O) groups is 2. The third-order valence-electron chi connectivity index (χ3n) is 4.47. The van der Waals surface area contributed by atoms with Crippen molar-refractivity contribution in [3.63, 3.8) is 0 Å². The zero-order valence-corrected chi connectivity index (χ0v) is 14.8. The second-order valence-corrected chi connectivity index (χ2v) is 6.62. The van der Waals surface area contributed by atoms with Crippen LogP contribution in [0.1, 0.15) is 19.3 Å². The van der Waals surface area contributed by atoms with Crippen LogP contribution in [0.2, 0.25) is 0 Å². The summed E-state index contributed by atoms with van der Waals surface area (Å²) in [6.45, 7) is 2.21. The summed E-state index contributed by atoms with van der Waals surface area (Å²) in [5.41, 5.74) is 0.670. The highest BCUT2D eigenvalue weighted by Crippen LogP contribution is 2.32. The van der Waals surface area contributed by atoms with Crippen molar-refractivity contribution in [2.24, 2.45) is 0 Å². The Labute approximate surface area is 147 Å². The van der Waals surface area contributed by atoms with Gasteiger partial charge in [0.2, 0.25) is 11.8 Å². The van der Waals surface area contributed by atoms with Gasteiger partial charge in [0.1, 0.15) is 0 Å². The van der Waals surface area contributed by atoms with Gasteiger partial charge in [-0.05, 0) is 31.5 Å². The first-order valence-corrected chi connectivity index (χ1v) is 8.69. The number of amides is 2. The summed E-state index contributed by atoms with van der Waals surface area (Å²) in [6.07, 6.45) is 2.57. The first-order valence-electron chi connectivity index (χ1n) is 8.69. The monoisotopic (exact) mass is 347 g/mol. The van der Waals surface area contributed by atoms with Gasteiger partial charge in [-0.3, -0.25) is 14.5 Å². The van der Waals surface area contributed by atoms with Crippen LogP contribution in [-0.2, 0) is 9.59 Å². The quantitative estimate of drug-likeness (QED) is 0.890. The summed E-state index contributed by atoms with van der Waals surface area (Å²) >= 11 is 0. The zero-order chi connectivity index (χ0) is 17.8. The van der Waals surface area contributed by atoms with Crippen molar-refractivity contribution < 1.29 is 19.1 Å². The average molecular weight is 347 g/mol. The SMILES string of the molecule is CN(C)C(=O)C1CCCN1CC(=O)Nc1ccc2c(c1)OCCCO2. The Kier molecular flexibility index (Phi) is 5.43. The molecule has 2 heterocycles. The first-order chi connectivity index (χ1) is 12.0. The van der Waals surface area contributed by atoms with Crippen LogP contribution in [-0.4, -0.2) is 68.1 Å². The molecule has 7 nitrogen and oxygen atoms in total. The molecule has 2 aliphatic rings. The molecule has 25 heavy (non-hydrogen) atoms. The van der Waals surface area contributed by atoms with Gasteiger partial charge in [0, 0.05) is 32.3 Å². The number of benzene rings is 1. The minimum absolute atomic E-state index is 0.0564. The second kappa shape index (κ2) is 7.74. The van der Waals surface area contributed by atoms with Gasteiger partial charge in [0.25, 0.3) is 0 Å². The van der Waals surface area contributed by atoms with Crippen LogP contribution in [0.5, 0.6) is 11.5 Å². The van der Waals surface area contributed by atoms with E-state index >= 15 is 0 Å². The Balaban J connectivity index is 1.61. The molecule has 3 rings (SSSR count). The number of fused-ring (bicyclic) bond motifs is 1. The van der Waals surface area contributed by atoms with Crippen LogP contribution in [0, 0.1) is 0 Å². The summed E-state index contributed by atoms with van der Waals surface area (Å²) in [4.78, 5) is 28.1. The van der Waals surface area contributed by atoms with E-state index in [-0.39, 0.29) is 24.4 Å². The van der Waals surface area contributed by atoms with Crippen LogP contribution in [0.4, 0.5) is 5.69 Å². The van der Waals surface area contributed by atoms with Crippen molar-refractivity contribution in [2.45, 2.75) is 25.3 Å². The molecule has 1 atom stereocenters. The maximum absolute atomic E-state index is 12.4. The predicted molar refractivity (Wildman–Crippen MR) is 94.0 cm³/mol. The Morgan fingerprint density at radius 1 is 1.20 bits per heavy atom. The van der Waals surface area contributed by atoms with Gasteiger partial charge in [-0.1, -0.05) is 0 Å². The molecule has 1 aromatic carbocycles. The fraction of sp³-hybridized carbons (Fsp3) is 0.556. The Morgan fingerprint density at radius 3 is 2.72 bits per heavy atom. The Hall–Kier alpha value is -2.28. The van der Waals surface area contributed by atoms with Crippen LogP contribution in [0.3, 0.4) is 0 Å². The standard InChI is InChI=1S/C18H25N3O4/c1-20(2)18(23)14-5-3-8-21(14)12-17(22)19-13-6-7-15-16(11-13)25-10-4-9-24-15/h6-7,11,14H,3-5,8-10,12H2,1-2H3,(H,19,22). The third kappa shape index (κ3) is 4.22. The second-order valence-electron chi connectivity index (χ2n) is 6.62. The smallest absolute Gasteiger partial charge is 0.239 e. The van der Waals surface area contributed by atoms with E-state index in [1.54, 1.807) is 31.1 Å². The molecule has 0 aromatic heterocycles. The number of hydrogen-bond donors (Lipinski definition) is 1. The van der Waals surface area contributed by atoms with E-state index in [9.17, 15) is 9.59 Å². The van der Waals surface area contributed by atoms with Crippen LogP contribution in [0.15, 0.2) is 18.2 Å². The summed E-state index contributed by atoms with van der Waals surface area (Å²) in [5.74, 6) is 1.28. The molecule has 136 valence electrons. The molecule has 1 aromatic rings. The first kappa shape index (κ1) is 17.5. The highest BCUT2D eigenvalue weighted by atomic mass is 16.5. The van der Waals surface area contributed by atoms with Crippen molar-refractivity contribution in [3.8, 4) is 11.5 Å². The van der Waals surface area contributed by atoms with Crippen molar-refractivity contribution in [2.75, 3.05) is 45.7 Å². The largest absolute Gasteiger partial charge is 0.490 e. The molecule has 0 aliphatic carbocycles. The Bertz CT molecular complexity index is 647. The van der Waals surface area contributed by atoms with Gasteiger partial charge in [0.15, 0.2) is 11.5 Å². The van der Waals surface area contributed by atoms with Gasteiger partial charge in [-0.15, -0.1) is 0 Å². The minimum Gasteiger partial charge on any atom is -0.490 e. The molecule has 2 amide bonds. The number of hydrogen-bond acceptors (Lipinski definition) is 5. The molecule has 1 N–H and O–H groups in total. The van der Waals surface area contributed by atoms with E-state index in [2.05, 4.69) is 5.32 Å². The molecule has 0 radical (unpaired) electrons. The fourth-order valence-corrected chi connectivity index (χ4v) is 3.22. The van der Waals surface area contributed by atoms with Crippen LogP contribution < -0.4 is 14.8 Å². The molecular formula is C18H25N3O4. The number of likely N-dealkylation sites (N-methyl/N-ethyl adjacent to an activating group) is 1. The molecule has 0 bridgehead atoms. The van der Waals surface area contributed by atoms with E-state index in [1.807, 2.05) is 11.0 Å². The number of anilines is 1. The van der Waals surface area contributed by atoms with E-state index in [0.29, 0.717) is 30.4 Å². The number of nitrogens with one attached hydrogen (secondary N) is 1.